The van der Waals surface area contributed by atoms with Gasteiger partial charge in [0.1, 0.15) is 61.0 Å². The van der Waals surface area contributed by atoms with Crippen molar-refractivity contribution in [1.82, 2.24) is 16.0 Å². The van der Waals surface area contributed by atoms with Gasteiger partial charge in [0.2, 0.25) is 5.91 Å². The van der Waals surface area contributed by atoms with Gasteiger partial charge in [-0.2, -0.15) is 11.8 Å². The quantitative estimate of drug-likeness (QED) is 0.0846. The maximum Gasteiger partial charge on any atom is 0.325 e. The first kappa shape index (κ1) is 65.8. The Morgan fingerprint density at radius 3 is 2.16 bits per heavy atom. The van der Waals surface area contributed by atoms with E-state index in [1.165, 1.54) is 0 Å². The fourth-order valence-corrected chi connectivity index (χ4v) is 20.0. The number of nitrogens with one attached hydrogen (secondary N) is 3. The minimum absolute atomic E-state index is 0.109. The Balaban J connectivity index is 0.563. The summed E-state index contributed by atoms with van der Waals surface area (Å²) in [5.41, 5.74) is -1.06. The number of urea groups is 1. The molecule has 1 spiro atoms. The first-order chi connectivity index (χ1) is 44.9. The molecule has 0 saturated carbocycles. The molecule has 15 rings (SSSR count). The Labute approximate surface area is 549 Å². The van der Waals surface area contributed by atoms with E-state index in [9.17, 15) is 29.7 Å². The van der Waals surface area contributed by atoms with Gasteiger partial charge in [0.25, 0.3) is 0 Å². The van der Waals surface area contributed by atoms with E-state index in [-0.39, 0.29) is 122 Å². The van der Waals surface area contributed by atoms with Crippen LogP contribution in [0.4, 0.5) is 4.79 Å². The largest absolute Gasteiger partial charge is 0.458 e. The smallest absolute Gasteiger partial charge is 0.325 e. The maximum absolute atomic E-state index is 13.2. The van der Waals surface area contributed by atoms with Crippen molar-refractivity contribution < 1.29 is 96.0 Å². The molecule has 0 aromatic carbocycles. The third-order valence-corrected chi connectivity index (χ3v) is 25.4. The number of carbonyl (C=O) groups excluding carboxylic acids is 3. The Morgan fingerprint density at radius 1 is 0.624 bits per heavy atom. The predicted octanol–water partition coefficient (Wildman–Crippen LogP) is 4.47. The average molecular weight is 1320 g/mol. The van der Waals surface area contributed by atoms with Crippen molar-refractivity contribution in [3.05, 3.63) is 48.6 Å². The first-order valence-electron chi connectivity index (χ1n) is 35.3. The molecule has 15 aliphatic heterocycles. The number of aliphatic hydroxyl groups excluding tert-OH is 3. The van der Waals surface area contributed by atoms with Gasteiger partial charge in [-0.25, -0.2) is 4.79 Å². The monoisotopic (exact) mass is 1320 g/mol. The van der Waals surface area contributed by atoms with Gasteiger partial charge in [0, 0.05) is 61.4 Å². The van der Waals surface area contributed by atoms with Crippen LogP contribution in [0.1, 0.15) is 131 Å². The molecule has 6 N–H and O–H groups in total. The number of hydrogen-bond acceptors (Lipinski definition) is 21. The van der Waals surface area contributed by atoms with Gasteiger partial charge in [0.05, 0.1) is 129 Å². The van der Waals surface area contributed by atoms with E-state index in [1.54, 1.807) is 0 Å². The number of unbranched alkanes of at least 4 members (excludes halogenated alkanes) is 1. The summed E-state index contributed by atoms with van der Waals surface area (Å²) in [6, 6.07) is 0.181. The number of fused-ring (bicyclic) bond motifs is 12. The lowest BCUT2D eigenvalue weighted by atomic mass is 9.75. The van der Waals surface area contributed by atoms with E-state index in [2.05, 4.69) is 73.2 Å². The summed E-state index contributed by atoms with van der Waals surface area (Å²) in [5.74, 6) is -1.61. The second-order valence-electron chi connectivity index (χ2n) is 29.9. The van der Waals surface area contributed by atoms with Crippen LogP contribution < -0.4 is 16.0 Å². The molecule has 34 atom stereocenters. The molecule has 0 bridgehead atoms. The van der Waals surface area contributed by atoms with Gasteiger partial charge in [-0.05, 0) is 70.1 Å². The molecule has 93 heavy (non-hydrogen) atoms. The third kappa shape index (κ3) is 13.0. The summed E-state index contributed by atoms with van der Waals surface area (Å²) in [4.78, 5) is 37.7. The highest BCUT2D eigenvalue weighted by Crippen LogP contribution is 2.52. The van der Waals surface area contributed by atoms with Crippen molar-refractivity contribution in [3.63, 3.8) is 0 Å². The van der Waals surface area contributed by atoms with Crippen molar-refractivity contribution in [1.29, 1.82) is 0 Å². The van der Waals surface area contributed by atoms with Crippen molar-refractivity contribution in [2.24, 2.45) is 23.7 Å². The second-order valence-corrected chi connectivity index (χ2v) is 31.2. The predicted molar refractivity (Wildman–Crippen MR) is 333 cm³/mol. The summed E-state index contributed by atoms with van der Waals surface area (Å²) >= 11 is 1.85. The molecule has 3 amide bonds. The second kappa shape index (κ2) is 27.2. The molecular formula is C69H99N3O20S. The Hall–Kier alpha value is -3.12. The molecule has 0 unspecified atom stereocenters. The number of thioether (sulfide) groups is 1. The number of rotatable bonds is 8. The number of aliphatic hydroxyl groups is 3. The molecule has 0 aromatic heterocycles. The summed E-state index contributed by atoms with van der Waals surface area (Å²) in [5, 5.41) is 45.4. The molecule has 0 radical (unpaired) electrons. The van der Waals surface area contributed by atoms with Crippen LogP contribution in [0, 0.1) is 23.7 Å². The van der Waals surface area contributed by atoms with Gasteiger partial charge >= 0.3 is 12.0 Å². The Bertz CT molecular complexity index is 2820. The SMILES string of the molecule is C[C@@H]1C[C@@H]2O[C@@H]3[C@@H](C)[C@H](O)[C@@H]4O[C@@]5(C[C@H](OC(=O)CNC(=O)CCCC[C@@H]6SC[C@@H]7NC(=O)N[C@@H]76)CO5)[C@@H](C)[C@H](C)[C@H]4O[C@H]3C[C@H]2O[C@H]2C[C@H]3O[C@H]4C/C=C\C[C@H]5O[C@H]6C=C[C@H]7O[C@@H]8[C@H](O)[C@@H]9OCC=CC[C@@H]9O[C@@H]8C[C@@H]7O[C@@H]6C/C=C\[C@@H]5O[C@@H]4C[C@@H](O)[C@]3(C)O[C@@H]2C1. The van der Waals surface area contributed by atoms with Crippen LogP contribution in [0.25, 0.3) is 0 Å². The zero-order valence-corrected chi connectivity index (χ0v) is 55.0. The van der Waals surface area contributed by atoms with Gasteiger partial charge in [-0.1, -0.05) is 82.7 Å². The fourth-order valence-electron chi connectivity index (χ4n) is 18.4. The Morgan fingerprint density at radius 2 is 1.30 bits per heavy atom. The molecule has 0 aliphatic carbocycles. The molecule has 15 heterocycles. The van der Waals surface area contributed by atoms with Crippen LogP contribution in [0.5, 0.6) is 0 Å². The number of hydrogen-bond donors (Lipinski definition) is 6. The maximum atomic E-state index is 13.2. The van der Waals surface area contributed by atoms with Gasteiger partial charge in [-0.3, -0.25) is 9.59 Å². The molecule has 0 aromatic rings. The zero-order chi connectivity index (χ0) is 64.0. The number of carbonyl (C=O) groups is 3. The minimum Gasteiger partial charge on any atom is -0.458 e. The van der Waals surface area contributed by atoms with Crippen LogP contribution >= 0.6 is 11.8 Å². The van der Waals surface area contributed by atoms with Crippen LogP contribution in [0.2, 0.25) is 0 Å². The van der Waals surface area contributed by atoms with E-state index in [0.717, 1.165) is 18.6 Å². The highest BCUT2D eigenvalue weighted by atomic mass is 32.2. The summed E-state index contributed by atoms with van der Waals surface area (Å²) in [6.07, 6.45) is 13.3. The minimum atomic E-state index is -1.15. The van der Waals surface area contributed by atoms with Crippen molar-refractivity contribution in [3.8, 4) is 0 Å². The van der Waals surface area contributed by atoms with E-state index >= 15 is 0 Å². The van der Waals surface area contributed by atoms with Crippen LogP contribution in [-0.2, 0) is 75.9 Å². The van der Waals surface area contributed by atoms with Gasteiger partial charge in [-0.15, -0.1) is 0 Å². The molecular weight excluding hydrogens is 1220 g/mol. The zero-order valence-electron chi connectivity index (χ0n) is 54.2. The number of esters is 1. The molecule has 11 fully saturated rings. The van der Waals surface area contributed by atoms with Crippen molar-refractivity contribution in [2.75, 3.05) is 25.5 Å². The first-order valence-corrected chi connectivity index (χ1v) is 36.3. The van der Waals surface area contributed by atoms with Crippen molar-refractivity contribution in [2.45, 2.75) is 312 Å². The molecule has 24 heteroatoms. The summed E-state index contributed by atoms with van der Waals surface area (Å²) < 4.78 is 95.6. The standard InChI is InChI=1S/C69H99N3O20S/c1-33-23-46-48(26-52-62(89-46)35(3)60(76)66-63(90-52)34(2)36(4)69(92-66)29-37(31-80-69)81-58(75)30-70-57(74)19-9-8-18-54-59-38(32-93-54)71-67(78)72-59)86-50-28-56-68(5,91-51(50)24-33)55(73)27-49-42(87-56)14-7-6-13-39-40(84-49)16-12-17-41-43(82-39)20-21-44-47(83-41)25-53-65(88-44)61(77)64-45(85-53)15-10-11-22-79-64/h6-7,10-12,16,20-21,33-56,59-66,73,76-77H,8-9,13-15,17-19,22-32H2,1-5H3,(H,70,74)(H2,71,72,78)/b7-6-,16-12-/t33-,34+,35+,36+,37+,38+,39-,40+,41-,42+,43+,44-,45+,46+,47+,48-,49-,50+,51-,52+,53-,54+,55-,56-,59+,60+,61-,62-,63-,64-,65+,66+,68+,69+/m1/s1. The third-order valence-electron chi connectivity index (χ3n) is 23.8. The lowest BCUT2D eigenvalue weighted by Gasteiger charge is -2.53. The summed E-state index contributed by atoms with van der Waals surface area (Å²) in [7, 11) is 0. The van der Waals surface area contributed by atoms with Gasteiger partial charge < -0.3 is 97.6 Å². The normalized spacial score (nSPS) is 52.8. The fraction of sp³-hybridized carbons (Fsp3) is 0.841. The van der Waals surface area contributed by atoms with E-state index in [0.29, 0.717) is 88.9 Å². The van der Waals surface area contributed by atoms with E-state index < -0.39 is 115 Å². The Kier molecular flexibility index (Phi) is 19.2. The topological polar surface area (TPSA) is 277 Å². The molecule has 23 nitrogen and oxygen atoms in total. The van der Waals surface area contributed by atoms with E-state index in [1.807, 2.05) is 37.8 Å². The molecule has 11 saturated heterocycles. The van der Waals surface area contributed by atoms with Crippen LogP contribution in [-0.4, -0.2) is 240 Å². The van der Waals surface area contributed by atoms with Crippen LogP contribution in [0.15, 0.2) is 48.6 Å². The molecule has 516 valence electrons. The molecule has 15 aliphatic rings. The van der Waals surface area contributed by atoms with Gasteiger partial charge in [0.15, 0.2) is 5.79 Å². The van der Waals surface area contributed by atoms with E-state index in [4.69, 9.17) is 66.3 Å². The number of amides is 3. The van der Waals surface area contributed by atoms with Crippen LogP contribution in [0.3, 0.4) is 0 Å². The summed E-state index contributed by atoms with van der Waals surface area (Å²) in [6.45, 7) is 10.7. The lowest BCUT2D eigenvalue weighted by Crippen LogP contribution is -2.63. The lowest BCUT2D eigenvalue weighted by molar-refractivity contribution is -0.339. The van der Waals surface area contributed by atoms with Crippen molar-refractivity contribution >= 4 is 29.7 Å². The highest BCUT2D eigenvalue weighted by molar-refractivity contribution is 8.00. The average Bonchev–Trinajstić information content (AvgIpc) is 1.75. The number of ether oxygens (including phenoxy) is 14. The highest BCUT2D eigenvalue weighted by Gasteiger charge is 2.63.